The molecule has 0 unspecified atom stereocenters. The average Bonchev–Trinajstić information content (AvgIpc) is 2.24. The second kappa shape index (κ2) is 6.42. The van der Waals surface area contributed by atoms with E-state index in [0.717, 1.165) is 11.3 Å². The maximum atomic E-state index is 6.05. The van der Waals surface area contributed by atoms with E-state index in [1.807, 2.05) is 26.0 Å². The van der Waals surface area contributed by atoms with E-state index >= 15 is 0 Å². The van der Waals surface area contributed by atoms with Crippen LogP contribution in [0.15, 0.2) is 23.2 Å². The Labute approximate surface area is 111 Å². The summed E-state index contributed by atoms with van der Waals surface area (Å²) in [6.07, 6.45) is 0. The van der Waals surface area contributed by atoms with Crippen LogP contribution in [0.4, 0.5) is 5.69 Å². The molecular formula is C11H15ClN4S. The molecule has 1 rings (SSSR count). The van der Waals surface area contributed by atoms with Crippen LogP contribution >= 0.6 is 23.8 Å². The zero-order valence-corrected chi connectivity index (χ0v) is 11.3. The van der Waals surface area contributed by atoms with Crippen LogP contribution in [0.3, 0.4) is 0 Å². The molecule has 0 fully saturated rings. The van der Waals surface area contributed by atoms with Gasteiger partial charge in [0.1, 0.15) is 0 Å². The van der Waals surface area contributed by atoms with Crippen molar-refractivity contribution in [2.24, 2.45) is 10.7 Å². The van der Waals surface area contributed by atoms with Gasteiger partial charge in [-0.15, -0.1) is 0 Å². The van der Waals surface area contributed by atoms with Gasteiger partial charge in [0, 0.05) is 6.54 Å². The highest BCUT2D eigenvalue weighted by atomic mass is 35.5. The summed E-state index contributed by atoms with van der Waals surface area (Å²) in [6, 6.07) is 5.59. The van der Waals surface area contributed by atoms with Gasteiger partial charge in [0.2, 0.25) is 5.96 Å². The minimum atomic E-state index is 0.215. The standard InChI is InChI=1S/C11H15ClN4S/c1-3-14-11(17)16-10(13)15-9-7(2)5-4-6-8(9)12/h4-6H,3H2,1-2H3,(H4,13,14,15,16,17). The van der Waals surface area contributed by atoms with Crippen molar-refractivity contribution in [1.29, 1.82) is 0 Å². The molecule has 4 N–H and O–H groups in total. The second-order valence-corrected chi connectivity index (χ2v) is 4.18. The third-order valence-corrected chi connectivity index (χ3v) is 2.58. The molecule has 4 nitrogen and oxygen atoms in total. The number of nitrogens with zero attached hydrogens (tertiary/aromatic N) is 1. The molecule has 1 aromatic carbocycles. The number of hydrogen-bond donors (Lipinski definition) is 3. The zero-order chi connectivity index (χ0) is 12.8. The molecule has 0 saturated carbocycles. The van der Waals surface area contributed by atoms with E-state index in [9.17, 15) is 0 Å². The Morgan fingerprint density at radius 1 is 1.53 bits per heavy atom. The molecule has 0 spiro atoms. The van der Waals surface area contributed by atoms with E-state index < -0.39 is 0 Å². The number of anilines is 1. The number of guanidine groups is 1. The van der Waals surface area contributed by atoms with Gasteiger partial charge in [-0.25, -0.2) is 0 Å². The highest BCUT2D eigenvalue weighted by Gasteiger charge is 2.04. The monoisotopic (exact) mass is 270 g/mol. The third kappa shape index (κ3) is 4.20. The summed E-state index contributed by atoms with van der Waals surface area (Å²) in [5, 5.41) is 6.76. The molecule has 17 heavy (non-hydrogen) atoms. The first-order chi connectivity index (χ1) is 8.04. The van der Waals surface area contributed by atoms with Gasteiger partial charge in [-0.2, -0.15) is 4.99 Å². The molecule has 6 heteroatoms. The number of hydrogen-bond acceptors (Lipinski definition) is 1. The van der Waals surface area contributed by atoms with Crippen LogP contribution in [0.2, 0.25) is 5.02 Å². The molecule has 0 heterocycles. The fourth-order valence-corrected chi connectivity index (χ4v) is 1.76. The fourth-order valence-electron chi connectivity index (χ4n) is 1.25. The lowest BCUT2D eigenvalue weighted by atomic mass is 10.2. The maximum absolute atomic E-state index is 6.05. The van der Waals surface area contributed by atoms with Crippen molar-refractivity contribution in [3.05, 3.63) is 28.8 Å². The lowest BCUT2D eigenvalue weighted by Gasteiger charge is -2.10. The van der Waals surface area contributed by atoms with Crippen LogP contribution in [-0.2, 0) is 0 Å². The van der Waals surface area contributed by atoms with Crippen molar-refractivity contribution in [2.75, 3.05) is 11.9 Å². The molecule has 0 amide bonds. The number of thiocarbonyl (C=S) groups is 1. The van der Waals surface area contributed by atoms with Crippen LogP contribution in [0.5, 0.6) is 0 Å². The summed E-state index contributed by atoms with van der Waals surface area (Å²) in [5.74, 6) is 0.215. The van der Waals surface area contributed by atoms with Crippen LogP contribution in [-0.4, -0.2) is 17.6 Å². The van der Waals surface area contributed by atoms with E-state index in [1.54, 1.807) is 6.07 Å². The van der Waals surface area contributed by atoms with E-state index in [0.29, 0.717) is 16.7 Å². The summed E-state index contributed by atoms with van der Waals surface area (Å²) in [5.41, 5.74) is 7.46. The third-order valence-electron chi connectivity index (χ3n) is 2.03. The SMILES string of the molecule is CCNC(=S)/N=C(\N)Nc1c(C)cccc1Cl. The molecule has 1 aromatic rings. The van der Waals surface area contributed by atoms with Crippen LogP contribution in [0.1, 0.15) is 12.5 Å². The fraction of sp³-hybridized carbons (Fsp3) is 0.273. The quantitative estimate of drug-likeness (QED) is 0.438. The molecule has 0 aromatic heterocycles. The van der Waals surface area contributed by atoms with Crippen molar-refractivity contribution in [2.45, 2.75) is 13.8 Å². The Balaban J connectivity index is 2.81. The van der Waals surface area contributed by atoms with Crippen LogP contribution in [0.25, 0.3) is 0 Å². The number of nitrogens with two attached hydrogens (primary N) is 1. The molecule has 0 bridgehead atoms. The number of para-hydroxylation sites is 1. The Hall–Kier alpha value is -1.33. The van der Waals surface area contributed by atoms with E-state index in [2.05, 4.69) is 15.6 Å². The van der Waals surface area contributed by atoms with Crippen LogP contribution in [0, 0.1) is 6.92 Å². The number of halogens is 1. The van der Waals surface area contributed by atoms with Crippen molar-refractivity contribution in [1.82, 2.24) is 5.32 Å². The predicted octanol–water partition coefficient (Wildman–Crippen LogP) is 2.27. The predicted molar refractivity (Wildman–Crippen MR) is 77.7 cm³/mol. The van der Waals surface area contributed by atoms with Gasteiger partial charge in [-0.05, 0) is 37.7 Å². The Morgan fingerprint density at radius 2 is 2.24 bits per heavy atom. The number of benzene rings is 1. The van der Waals surface area contributed by atoms with Gasteiger partial charge in [-0.3, -0.25) is 0 Å². The largest absolute Gasteiger partial charge is 0.369 e. The number of aryl methyl sites for hydroxylation is 1. The van der Waals surface area contributed by atoms with Gasteiger partial charge >= 0.3 is 0 Å². The van der Waals surface area contributed by atoms with E-state index in [4.69, 9.17) is 29.6 Å². The molecular weight excluding hydrogens is 256 g/mol. The Morgan fingerprint density at radius 3 is 2.82 bits per heavy atom. The lowest BCUT2D eigenvalue weighted by Crippen LogP contribution is -2.28. The highest BCUT2D eigenvalue weighted by Crippen LogP contribution is 2.24. The smallest absolute Gasteiger partial charge is 0.200 e. The van der Waals surface area contributed by atoms with Gasteiger partial charge in [-0.1, -0.05) is 23.7 Å². The van der Waals surface area contributed by atoms with Crippen molar-refractivity contribution in [3.8, 4) is 0 Å². The first kappa shape index (κ1) is 13.7. The Kier molecular flexibility index (Phi) is 5.18. The molecule has 0 atom stereocenters. The highest BCUT2D eigenvalue weighted by molar-refractivity contribution is 7.80. The summed E-state index contributed by atoms with van der Waals surface area (Å²) >= 11 is 11.0. The van der Waals surface area contributed by atoms with Gasteiger partial charge in [0.25, 0.3) is 0 Å². The van der Waals surface area contributed by atoms with Gasteiger partial charge in [0.15, 0.2) is 5.11 Å². The first-order valence-corrected chi connectivity index (χ1v) is 5.97. The summed E-state index contributed by atoms with van der Waals surface area (Å²) in [4.78, 5) is 3.99. The molecule has 0 aliphatic carbocycles. The summed E-state index contributed by atoms with van der Waals surface area (Å²) in [7, 11) is 0. The van der Waals surface area contributed by atoms with Gasteiger partial charge in [0.05, 0.1) is 10.7 Å². The van der Waals surface area contributed by atoms with Gasteiger partial charge < -0.3 is 16.4 Å². The van der Waals surface area contributed by atoms with Crippen LogP contribution < -0.4 is 16.4 Å². The summed E-state index contributed by atoms with van der Waals surface area (Å²) in [6.45, 7) is 4.58. The molecule has 92 valence electrons. The lowest BCUT2D eigenvalue weighted by molar-refractivity contribution is 0.972. The van der Waals surface area contributed by atoms with Crippen molar-refractivity contribution >= 4 is 40.6 Å². The molecule has 0 radical (unpaired) electrons. The average molecular weight is 271 g/mol. The molecule has 0 aliphatic rings. The Bertz CT molecular complexity index is 425. The number of aliphatic imine (C=N–C) groups is 1. The topological polar surface area (TPSA) is 62.4 Å². The zero-order valence-electron chi connectivity index (χ0n) is 9.75. The molecule has 0 aliphatic heterocycles. The van der Waals surface area contributed by atoms with Crippen molar-refractivity contribution in [3.63, 3.8) is 0 Å². The minimum Gasteiger partial charge on any atom is -0.369 e. The van der Waals surface area contributed by atoms with E-state index in [-0.39, 0.29) is 5.96 Å². The normalized spacial score (nSPS) is 11.1. The first-order valence-electron chi connectivity index (χ1n) is 5.18. The second-order valence-electron chi connectivity index (χ2n) is 3.39. The summed E-state index contributed by atoms with van der Waals surface area (Å²) < 4.78 is 0. The van der Waals surface area contributed by atoms with E-state index in [1.165, 1.54) is 0 Å². The van der Waals surface area contributed by atoms with Crippen molar-refractivity contribution < 1.29 is 0 Å². The maximum Gasteiger partial charge on any atom is 0.200 e. The number of nitrogens with one attached hydrogen (secondary N) is 2. The number of rotatable bonds is 2. The molecule has 0 saturated heterocycles. The minimum absolute atomic E-state index is 0.215.